The highest BCUT2D eigenvalue weighted by atomic mass is 79.9. The van der Waals surface area contributed by atoms with Crippen LogP contribution in [0.5, 0.6) is 0 Å². The highest BCUT2D eigenvalue weighted by Gasteiger charge is 2.14. The number of H-pyrrole nitrogens is 1. The second kappa shape index (κ2) is 5.19. The fourth-order valence-electron chi connectivity index (χ4n) is 1.35. The van der Waals surface area contributed by atoms with E-state index in [1.807, 2.05) is 11.4 Å². The van der Waals surface area contributed by atoms with Crippen LogP contribution in [0.1, 0.15) is 10.5 Å². The molecule has 3 heterocycles. The Hall–Kier alpha value is -1.58. The molecule has 0 aliphatic rings. The standard InChI is InChI=1S/C10H6BrN5OS2/c11-5-1-7(18-2-5)9-14-6(3-19-9)8(17)15-10-12-4-13-16-10/h1-4H,(H2,12,13,15,16,17). The van der Waals surface area contributed by atoms with Crippen LogP contribution in [0.4, 0.5) is 5.95 Å². The van der Waals surface area contributed by atoms with Crippen molar-refractivity contribution >= 4 is 50.5 Å². The molecule has 0 fully saturated rings. The summed E-state index contributed by atoms with van der Waals surface area (Å²) in [5, 5.41) is 13.3. The molecule has 0 aliphatic carbocycles. The molecule has 0 unspecified atom stereocenters. The summed E-state index contributed by atoms with van der Waals surface area (Å²) in [6.45, 7) is 0. The maximum atomic E-state index is 11.9. The largest absolute Gasteiger partial charge is 0.289 e. The van der Waals surface area contributed by atoms with E-state index in [2.05, 4.69) is 41.4 Å². The molecule has 6 nitrogen and oxygen atoms in total. The van der Waals surface area contributed by atoms with E-state index in [0.29, 0.717) is 11.6 Å². The average molecular weight is 356 g/mol. The first-order chi connectivity index (χ1) is 9.22. The van der Waals surface area contributed by atoms with Crippen LogP contribution in [0.2, 0.25) is 0 Å². The van der Waals surface area contributed by atoms with Gasteiger partial charge in [-0.05, 0) is 22.0 Å². The van der Waals surface area contributed by atoms with Crippen LogP contribution in [-0.2, 0) is 0 Å². The number of carbonyl (C=O) groups is 1. The Bertz CT molecular complexity index is 705. The molecular weight excluding hydrogens is 350 g/mol. The molecule has 0 bridgehead atoms. The Balaban J connectivity index is 1.79. The number of hydrogen-bond acceptors (Lipinski definition) is 6. The van der Waals surface area contributed by atoms with Crippen molar-refractivity contribution in [2.45, 2.75) is 0 Å². The molecule has 3 rings (SSSR count). The van der Waals surface area contributed by atoms with Gasteiger partial charge in [-0.1, -0.05) is 0 Å². The topological polar surface area (TPSA) is 83.6 Å². The van der Waals surface area contributed by atoms with Crippen LogP contribution < -0.4 is 5.32 Å². The summed E-state index contributed by atoms with van der Waals surface area (Å²) in [6, 6.07) is 1.97. The van der Waals surface area contributed by atoms with Crippen molar-refractivity contribution in [2.75, 3.05) is 5.32 Å². The first-order valence-corrected chi connectivity index (χ1v) is 7.64. The molecule has 3 aromatic heterocycles. The highest BCUT2D eigenvalue weighted by Crippen LogP contribution is 2.32. The smallest absolute Gasteiger partial charge is 0.277 e. The summed E-state index contributed by atoms with van der Waals surface area (Å²) < 4.78 is 1.01. The van der Waals surface area contributed by atoms with Crippen LogP contribution in [-0.4, -0.2) is 26.1 Å². The summed E-state index contributed by atoms with van der Waals surface area (Å²) in [7, 11) is 0. The SMILES string of the molecule is O=C(Nc1ncn[nH]1)c1csc(-c2cc(Br)cs2)n1. The van der Waals surface area contributed by atoms with Crippen LogP contribution in [0.3, 0.4) is 0 Å². The van der Waals surface area contributed by atoms with E-state index in [1.165, 1.54) is 17.7 Å². The van der Waals surface area contributed by atoms with Gasteiger partial charge in [-0.2, -0.15) is 10.1 Å². The molecule has 2 N–H and O–H groups in total. The normalized spacial score (nSPS) is 10.6. The number of nitrogens with one attached hydrogen (secondary N) is 2. The van der Waals surface area contributed by atoms with E-state index in [9.17, 15) is 4.79 Å². The Morgan fingerprint density at radius 1 is 1.37 bits per heavy atom. The molecule has 0 spiro atoms. The van der Waals surface area contributed by atoms with Gasteiger partial charge in [0.25, 0.3) is 5.91 Å². The van der Waals surface area contributed by atoms with Crippen molar-refractivity contribution in [1.82, 2.24) is 20.2 Å². The third-order valence-electron chi connectivity index (χ3n) is 2.16. The molecular formula is C10H6BrN5OS2. The molecule has 0 aliphatic heterocycles. The third-order valence-corrected chi connectivity index (χ3v) is 4.86. The van der Waals surface area contributed by atoms with Crippen LogP contribution in [0.25, 0.3) is 9.88 Å². The van der Waals surface area contributed by atoms with Crippen molar-refractivity contribution < 1.29 is 4.79 Å². The first kappa shape index (κ1) is 12.5. The number of halogens is 1. The van der Waals surface area contributed by atoms with E-state index in [1.54, 1.807) is 16.7 Å². The lowest BCUT2D eigenvalue weighted by Crippen LogP contribution is -2.13. The second-order valence-electron chi connectivity index (χ2n) is 3.46. The number of carbonyl (C=O) groups excluding carboxylic acids is 1. The van der Waals surface area contributed by atoms with Gasteiger partial charge in [0.1, 0.15) is 17.0 Å². The average Bonchev–Trinajstić information content (AvgIpc) is 3.07. The number of nitrogens with zero attached hydrogens (tertiary/aromatic N) is 3. The predicted octanol–water partition coefficient (Wildman–Crippen LogP) is 3.00. The van der Waals surface area contributed by atoms with E-state index >= 15 is 0 Å². The Kier molecular flexibility index (Phi) is 3.40. The summed E-state index contributed by atoms with van der Waals surface area (Å²) >= 11 is 6.40. The third kappa shape index (κ3) is 2.72. The van der Waals surface area contributed by atoms with Crippen molar-refractivity contribution in [1.29, 1.82) is 0 Å². The lowest BCUT2D eigenvalue weighted by Gasteiger charge is -1.96. The molecule has 3 aromatic rings. The summed E-state index contributed by atoms with van der Waals surface area (Å²) in [5.74, 6) is -0.00621. The van der Waals surface area contributed by atoms with Crippen LogP contribution in [0.15, 0.2) is 27.6 Å². The minimum absolute atomic E-state index is 0.304. The molecule has 0 radical (unpaired) electrons. The van der Waals surface area contributed by atoms with Crippen molar-refractivity contribution in [2.24, 2.45) is 0 Å². The minimum atomic E-state index is -0.310. The van der Waals surface area contributed by atoms with Gasteiger partial charge in [0.2, 0.25) is 5.95 Å². The molecule has 1 amide bonds. The van der Waals surface area contributed by atoms with Gasteiger partial charge >= 0.3 is 0 Å². The van der Waals surface area contributed by atoms with Gasteiger partial charge in [-0.25, -0.2) is 10.1 Å². The summed E-state index contributed by atoms with van der Waals surface area (Å²) in [6.07, 6.45) is 1.32. The summed E-state index contributed by atoms with van der Waals surface area (Å²) in [5.41, 5.74) is 0.362. The lowest BCUT2D eigenvalue weighted by molar-refractivity contribution is 0.102. The first-order valence-electron chi connectivity index (χ1n) is 5.09. The number of thiophene rings is 1. The zero-order chi connectivity index (χ0) is 13.2. The number of aromatic amines is 1. The number of aromatic nitrogens is 4. The molecule has 19 heavy (non-hydrogen) atoms. The van der Waals surface area contributed by atoms with Crippen LogP contribution >= 0.6 is 38.6 Å². The van der Waals surface area contributed by atoms with Gasteiger partial charge in [-0.3, -0.25) is 10.1 Å². The molecule has 0 saturated heterocycles. The quantitative estimate of drug-likeness (QED) is 0.756. The molecule has 96 valence electrons. The zero-order valence-corrected chi connectivity index (χ0v) is 12.5. The number of hydrogen-bond donors (Lipinski definition) is 2. The predicted molar refractivity (Wildman–Crippen MR) is 77.5 cm³/mol. The fourth-order valence-corrected chi connectivity index (χ4v) is 3.66. The zero-order valence-electron chi connectivity index (χ0n) is 9.25. The number of amides is 1. The Morgan fingerprint density at radius 3 is 2.95 bits per heavy atom. The van der Waals surface area contributed by atoms with Crippen molar-refractivity contribution in [3.63, 3.8) is 0 Å². The second-order valence-corrected chi connectivity index (χ2v) is 6.14. The number of rotatable bonds is 3. The Morgan fingerprint density at radius 2 is 2.26 bits per heavy atom. The maximum absolute atomic E-state index is 11.9. The van der Waals surface area contributed by atoms with E-state index < -0.39 is 0 Å². The van der Waals surface area contributed by atoms with Gasteiger partial charge in [0, 0.05) is 15.2 Å². The van der Waals surface area contributed by atoms with Gasteiger partial charge in [0.15, 0.2) is 0 Å². The summed E-state index contributed by atoms with van der Waals surface area (Å²) in [4.78, 5) is 21.1. The monoisotopic (exact) mass is 355 g/mol. The van der Waals surface area contributed by atoms with Gasteiger partial charge < -0.3 is 0 Å². The molecule has 0 aromatic carbocycles. The molecule has 0 atom stereocenters. The van der Waals surface area contributed by atoms with Crippen molar-refractivity contribution in [3.05, 3.63) is 33.3 Å². The lowest BCUT2D eigenvalue weighted by atomic mass is 10.4. The van der Waals surface area contributed by atoms with Gasteiger partial charge in [0.05, 0.1) is 4.88 Å². The van der Waals surface area contributed by atoms with E-state index in [0.717, 1.165) is 14.4 Å². The Labute approximate surface area is 124 Å². The highest BCUT2D eigenvalue weighted by molar-refractivity contribution is 9.10. The van der Waals surface area contributed by atoms with Crippen molar-refractivity contribution in [3.8, 4) is 9.88 Å². The van der Waals surface area contributed by atoms with E-state index in [4.69, 9.17) is 0 Å². The number of anilines is 1. The van der Waals surface area contributed by atoms with E-state index in [-0.39, 0.29) is 5.91 Å². The molecule has 9 heteroatoms. The van der Waals surface area contributed by atoms with Gasteiger partial charge in [-0.15, -0.1) is 22.7 Å². The maximum Gasteiger partial charge on any atom is 0.277 e. The molecule has 0 saturated carbocycles. The minimum Gasteiger partial charge on any atom is -0.289 e. The number of thiazole rings is 1. The van der Waals surface area contributed by atoms with Crippen LogP contribution in [0, 0.1) is 0 Å². The fraction of sp³-hybridized carbons (Fsp3) is 0.